The number of aromatic amines is 1. The lowest BCUT2D eigenvalue weighted by Gasteiger charge is -2.20. The van der Waals surface area contributed by atoms with Crippen molar-refractivity contribution in [3.63, 3.8) is 0 Å². The third kappa shape index (κ3) is 5.32. The van der Waals surface area contributed by atoms with E-state index in [1.165, 1.54) is 38.5 Å². The van der Waals surface area contributed by atoms with Gasteiger partial charge in [-0.1, -0.05) is 0 Å². The summed E-state index contributed by atoms with van der Waals surface area (Å²) in [5.41, 5.74) is 2.68. The minimum absolute atomic E-state index is 0.0464. The number of carboxylic acid groups (broad SMARTS) is 1. The predicted molar refractivity (Wildman–Crippen MR) is 138 cm³/mol. The summed E-state index contributed by atoms with van der Waals surface area (Å²) in [5, 5.41) is 9.88. The number of benzene rings is 3. The molecule has 3 aromatic carbocycles. The summed E-state index contributed by atoms with van der Waals surface area (Å²) in [4.78, 5) is 33.1. The summed E-state index contributed by atoms with van der Waals surface area (Å²) in [6.07, 6.45) is -1.17. The maximum atomic E-state index is 13.2. The molecule has 0 aliphatic carbocycles. The molecule has 0 aliphatic heterocycles. The van der Waals surface area contributed by atoms with Crippen molar-refractivity contribution in [2.75, 3.05) is 32.3 Å². The molecule has 1 aromatic heterocycles. The van der Waals surface area contributed by atoms with Crippen molar-refractivity contribution in [3.8, 4) is 28.6 Å². The standard InChI is InChI=1S/C27H26FN3O6/c1-15-11-17(25-29-21-13-20(35-3)14-22(36-4)23(21)26(32)30-25)12-16(2)24(15)37-10-9-31(27(33)34)19-7-5-18(28)6-8-19/h5-8,11-14H,9-10H2,1-4H3,(H,33,34)(H,29,30,32). The first-order valence-electron chi connectivity index (χ1n) is 11.4. The van der Waals surface area contributed by atoms with Crippen LogP contribution in [0.4, 0.5) is 14.9 Å². The summed E-state index contributed by atoms with van der Waals surface area (Å²) in [6.45, 7) is 3.83. The number of nitrogens with one attached hydrogen (secondary N) is 1. The fourth-order valence-corrected chi connectivity index (χ4v) is 4.14. The topological polar surface area (TPSA) is 114 Å². The Bertz CT molecular complexity index is 1490. The highest BCUT2D eigenvalue weighted by molar-refractivity contribution is 5.87. The van der Waals surface area contributed by atoms with Crippen LogP contribution in [-0.4, -0.2) is 48.5 Å². The van der Waals surface area contributed by atoms with Gasteiger partial charge in [-0.2, -0.15) is 0 Å². The highest BCUT2D eigenvalue weighted by Gasteiger charge is 2.17. The molecule has 192 valence electrons. The zero-order valence-electron chi connectivity index (χ0n) is 20.8. The lowest BCUT2D eigenvalue weighted by atomic mass is 10.0. The van der Waals surface area contributed by atoms with Crippen molar-refractivity contribution in [1.29, 1.82) is 0 Å². The Balaban J connectivity index is 1.59. The van der Waals surface area contributed by atoms with Crippen LogP contribution in [0.1, 0.15) is 11.1 Å². The molecule has 4 aromatic rings. The Morgan fingerprint density at radius 3 is 2.32 bits per heavy atom. The molecule has 0 spiro atoms. The van der Waals surface area contributed by atoms with E-state index in [1.807, 2.05) is 26.0 Å². The lowest BCUT2D eigenvalue weighted by Crippen LogP contribution is -2.33. The van der Waals surface area contributed by atoms with E-state index >= 15 is 0 Å². The van der Waals surface area contributed by atoms with Crippen molar-refractivity contribution >= 4 is 22.7 Å². The van der Waals surface area contributed by atoms with Crippen LogP contribution >= 0.6 is 0 Å². The molecule has 2 N–H and O–H groups in total. The van der Waals surface area contributed by atoms with E-state index in [9.17, 15) is 19.1 Å². The number of anilines is 1. The molecule has 0 atom stereocenters. The van der Waals surface area contributed by atoms with Crippen LogP contribution in [0, 0.1) is 19.7 Å². The first kappa shape index (κ1) is 25.5. The highest BCUT2D eigenvalue weighted by Crippen LogP contribution is 2.31. The van der Waals surface area contributed by atoms with Crippen molar-refractivity contribution in [1.82, 2.24) is 9.97 Å². The van der Waals surface area contributed by atoms with Crippen LogP contribution in [0.2, 0.25) is 0 Å². The summed E-state index contributed by atoms with van der Waals surface area (Å²) in [5.74, 6) is 1.40. The second-order valence-corrected chi connectivity index (χ2v) is 8.34. The van der Waals surface area contributed by atoms with Crippen molar-refractivity contribution in [2.24, 2.45) is 0 Å². The van der Waals surface area contributed by atoms with E-state index in [4.69, 9.17) is 14.2 Å². The van der Waals surface area contributed by atoms with Gasteiger partial charge in [-0.25, -0.2) is 14.2 Å². The molecule has 1 amide bonds. The number of fused-ring (bicyclic) bond motifs is 1. The fraction of sp³-hybridized carbons (Fsp3) is 0.222. The van der Waals surface area contributed by atoms with E-state index in [2.05, 4.69) is 9.97 Å². The average molecular weight is 508 g/mol. The molecular formula is C27H26FN3O6. The van der Waals surface area contributed by atoms with Gasteiger partial charge in [0.1, 0.15) is 40.9 Å². The van der Waals surface area contributed by atoms with Crippen LogP contribution < -0.4 is 24.7 Å². The molecule has 37 heavy (non-hydrogen) atoms. The third-order valence-corrected chi connectivity index (χ3v) is 5.87. The van der Waals surface area contributed by atoms with Gasteiger partial charge >= 0.3 is 6.09 Å². The van der Waals surface area contributed by atoms with Gasteiger partial charge < -0.3 is 24.3 Å². The molecule has 0 bridgehead atoms. The van der Waals surface area contributed by atoms with Crippen molar-refractivity contribution in [2.45, 2.75) is 13.8 Å². The number of aryl methyl sites for hydroxylation is 2. The number of carbonyl (C=O) groups is 1. The Hall–Kier alpha value is -4.60. The van der Waals surface area contributed by atoms with Gasteiger partial charge in [-0.3, -0.25) is 9.69 Å². The van der Waals surface area contributed by atoms with E-state index in [1.54, 1.807) is 12.1 Å². The number of hydrogen-bond acceptors (Lipinski definition) is 6. The van der Waals surface area contributed by atoms with Gasteiger partial charge in [0.15, 0.2) is 0 Å². The van der Waals surface area contributed by atoms with Crippen molar-refractivity contribution in [3.05, 3.63) is 75.8 Å². The highest BCUT2D eigenvalue weighted by atomic mass is 19.1. The number of nitrogens with zero attached hydrogens (tertiary/aromatic N) is 2. The van der Waals surface area contributed by atoms with Gasteiger partial charge in [0.05, 0.1) is 26.3 Å². The first-order valence-corrected chi connectivity index (χ1v) is 11.4. The molecule has 0 saturated heterocycles. The molecule has 4 rings (SSSR count). The third-order valence-electron chi connectivity index (χ3n) is 5.87. The number of aromatic nitrogens is 2. The zero-order valence-corrected chi connectivity index (χ0v) is 20.8. The smallest absolute Gasteiger partial charge is 0.411 e. The van der Waals surface area contributed by atoms with Crippen molar-refractivity contribution < 1.29 is 28.5 Å². The van der Waals surface area contributed by atoms with Gasteiger partial charge in [-0.05, 0) is 61.4 Å². The normalized spacial score (nSPS) is 10.8. The Morgan fingerprint density at radius 2 is 1.73 bits per heavy atom. The Morgan fingerprint density at radius 1 is 1.05 bits per heavy atom. The minimum Gasteiger partial charge on any atom is -0.497 e. The van der Waals surface area contributed by atoms with E-state index in [-0.39, 0.29) is 18.7 Å². The monoisotopic (exact) mass is 507 g/mol. The molecule has 0 unspecified atom stereocenters. The number of amides is 1. The van der Waals surface area contributed by atoms with E-state index in [0.29, 0.717) is 45.2 Å². The van der Waals surface area contributed by atoms with Crippen LogP contribution in [0.15, 0.2) is 53.3 Å². The van der Waals surface area contributed by atoms with Gasteiger partial charge in [0.2, 0.25) is 0 Å². The van der Waals surface area contributed by atoms with Crippen LogP contribution in [0.5, 0.6) is 17.2 Å². The largest absolute Gasteiger partial charge is 0.497 e. The molecule has 0 fully saturated rings. The molecule has 0 saturated carbocycles. The van der Waals surface area contributed by atoms with E-state index in [0.717, 1.165) is 16.0 Å². The maximum Gasteiger partial charge on any atom is 0.411 e. The summed E-state index contributed by atoms with van der Waals surface area (Å²) in [6, 6.07) is 12.2. The fourth-order valence-electron chi connectivity index (χ4n) is 4.14. The molecule has 1 heterocycles. The van der Waals surface area contributed by atoms with Crippen LogP contribution in [-0.2, 0) is 0 Å². The first-order chi connectivity index (χ1) is 17.7. The summed E-state index contributed by atoms with van der Waals surface area (Å²) in [7, 11) is 3.00. The number of rotatable bonds is 8. The zero-order chi connectivity index (χ0) is 26.7. The predicted octanol–water partition coefficient (Wildman–Crippen LogP) is 4.93. The average Bonchev–Trinajstić information content (AvgIpc) is 2.87. The molecule has 9 nitrogen and oxygen atoms in total. The number of hydrogen-bond donors (Lipinski definition) is 2. The number of methoxy groups -OCH3 is 2. The SMILES string of the molecule is COc1cc(OC)c2c(=O)[nH]c(-c3cc(C)c(OCCN(C(=O)O)c4ccc(F)cc4)c(C)c3)nc2c1. The molecule has 10 heteroatoms. The van der Waals surface area contributed by atoms with E-state index < -0.39 is 11.9 Å². The van der Waals surface area contributed by atoms with Gasteiger partial charge in [0.25, 0.3) is 5.56 Å². The van der Waals surface area contributed by atoms with Crippen LogP contribution in [0.3, 0.4) is 0 Å². The number of halogens is 1. The molecule has 0 aliphatic rings. The Kier molecular flexibility index (Phi) is 7.28. The van der Waals surface area contributed by atoms with Gasteiger partial charge in [0, 0.05) is 23.4 Å². The second-order valence-electron chi connectivity index (χ2n) is 8.34. The Labute approximate surface area is 212 Å². The number of H-pyrrole nitrogens is 1. The quantitative estimate of drug-likeness (QED) is 0.348. The second kappa shape index (κ2) is 10.6. The molecule has 0 radical (unpaired) electrons. The maximum absolute atomic E-state index is 13.2. The summed E-state index contributed by atoms with van der Waals surface area (Å²) < 4.78 is 29.8. The molecular weight excluding hydrogens is 481 g/mol. The number of ether oxygens (including phenoxy) is 3. The van der Waals surface area contributed by atoms with Crippen LogP contribution in [0.25, 0.3) is 22.3 Å². The minimum atomic E-state index is -1.17. The lowest BCUT2D eigenvalue weighted by molar-refractivity contribution is 0.199. The van der Waals surface area contributed by atoms with Gasteiger partial charge in [-0.15, -0.1) is 0 Å². The summed E-state index contributed by atoms with van der Waals surface area (Å²) >= 11 is 0.